The highest BCUT2D eigenvalue weighted by Gasteiger charge is 2.35. The Balaban J connectivity index is 2.17. The Morgan fingerprint density at radius 2 is 1.43 bits per heavy atom. The molecule has 1 atom stereocenters. The molecule has 196 valence electrons. The number of hydrogen-bond donors (Lipinski definition) is 0. The van der Waals surface area contributed by atoms with Gasteiger partial charge in [0.25, 0.3) is 5.91 Å². The van der Waals surface area contributed by atoms with Crippen LogP contribution in [-0.2, 0) is 19.0 Å². The van der Waals surface area contributed by atoms with E-state index in [9.17, 15) is 9.59 Å². The molecular weight excluding hydrogens is 482 g/mol. The van der Waals surface area contributed by atoms with Crippen LogP contribution < -0.4 is 9.47 Å². The molecule has 8 nitrogen and oxygen atoms in total. The van der Waals surface area contributed by atoms with Crippen molar-refractivity contribution >= 4 is 28.0 Å². The van der Waals surface area contributed by atoms with Gasteiger partial charge in [-0.1, -0.05) is 51.4 Å². The highest BCUT2D eigenvalue weighted by molar-refractivity contribution is 6.76. The smallest absolute Gasteiger partial charge is 0.329 e. The van der Waals surface area contributed by atoms with Gasteiger partial charge in [-0.25, -0.2) is 4.79 Å². The lowest BCUT2D eigenvalue weighted by atomic mass is 10.1. The molecule has 0 saturated carbocycles. The normalized spacial score (nSPS) is 15.9. The van der Waals surface area contributed by atoms with Gasteiger partial charge >= 0.3 is 5.97 Å². The summed E-state index contributed by atoms with van der Waals surface area (Å²) in [6, 6.07) is 6.44. The molecule has 0 fully saturated rings. The van der Waals surface area contributed by atoms with Crippen molar-refractivity contribution in [3.63, 3.8) is 0 Å². The lowest BCUT2D eigenvalue weighted by molar-refractivity contribution is -0.144. The van der Waals surface area contributed by atoms with Crippen LogP contribution in [0, 0.1) is 0 Å². The molecule has 0 spiro atoms. The number of methoxy groups -OCH3 is 1. The van der Waals surface area contributed by atoms with E-state index in [4.69, 9.17) is 23.7 Å². The highest BCUT2D eigenvalue weighted by Crippen LogP contribution is 2.32. The van der Waals surface area contributed by atoms with Crippen LogP contribution in [0.5, 0.6) is 11.5 Å². The molecule has 0 saturated heterocycles. The topological polar surface area (TPSA) is 83.5 Å². The largest absolute Gasteiger partial charge is 0.467 e. The Bertz CT molecular complexity index is 835. The molecule has 1 amide bonds. The number of amides is 1. The molecular formula is C25H41NO7Si2. The molecule has 2 rings (SSSR count). The minimum Gasteiger partial charge on any atom is -0.467 e. The Hall–Kier alpha value is -2.15. The fourth-order valence-corrected chi connectivity index (χ4v) is 4.77. The zero-order chi connectivity index (χ0) is 26.1. The van der Waals surface area contributed by atoms with Crippen molar-refractivity contribution in [1.29, 1.82) is 0 Å². The molecule has 10 heteroatoms. The fraction of sp³-hybridized carbons (Fsp3) is 0.600. The summed E-state index contributed by atoms with van der Waals surface area (Å²) >= 11 is 0. The zero-order valence-corrected chi connectivity index (χ0v) is 24.2. The molecule has 0 aromatic heterocycles. The lowest BCUT2D eigenvalue weighted by Gasteiger charge is -2.24. The Labute approximate surface area is 211 Å². The number of rotatable bonds is 14. The maximum absolute atomic E-state index is 13.6. The first-order valence-corrected chi connectivity index (χ1v) is 19.5. The summed E-state index contributed by atoms with van der Waals surface area (Å²) in [5.41, 5.74) is 0.218. The van der Waals surface area contributed by atoms with Crippen LogP contribution in [0.2, 0.25) is 51.4 Å². The summed E-state index contributed by atoms with van der Waals surface area (Å²) in [5, 5.41) is 0. The first kappa shape index (κ1) is 29.1. The number of benzene rings is 1. The molecule has 0 N–H and O–H groups in total. The van der Waals surface area contributed by atoms with Crippen LogP contribution in [-0.4, -0.2) is 72.9 Å². The van der Waals surface area contributed by atoms with Crippen molar-refractivity contribution in [2.75, 3.05) is 33.9 Å². The average molecular weight is 524 g/mol. The molecule has 0 bridgehead atoms. The minimum atomic E-state index is -1.22. The van der Waals surface area contributed by atoms with Crippen LogP contribution in [0.15, 0.2) is 30.5 Å². The van der Waals surface area contributed by atoms with Gasteiger partial charge in [0.2, 0.25) is 0 Å². The summed E-state index contributed by atoms with van der Waals surface area (Å²) in [7, 11) is -1.13. The van der Waals surface area contributed by atoms with Crippen LogP contribution in [0.3, 0.4) is 0 Å². The molecule has 1 aromatic rings. The zero-order valence-electron chi connectivity index (χ0n) is 22.2. The van der Waals surface area contributed by atoms with E-state index in [1.54, 1.807) is 30.5 Å². The third kappa shape index (κ3) is 9.79. The van der Waals surface area contributed by atoms with Gasteiger partial charge in [0.05, 0.1) is 7.11 Å². The first-order chi connectivity index (χ1) is 16.4. The van der Waals surface area contributed by atoms with Crippen molar-refractivity contribution in [1.82, 2.24) is 4.90 Å². The van der Waals surface area contributed by atoms with Gasteiger partial charge < -0.3 is 28.6 Å². The van der Waals surface area contributed by atoms with Gasteiger partial charge in [0, 0.05) is 35.6 Å². The van der Waals surface area contributed by atoms with E-state index in [2.05, 4.69) is 39.3 Å². The number of carbonyl (C=O) groups is 2. The third-order valence-electron chi connectivity index (χ3n) is 5.46. The van der Waals surface area contributed by atoms with Gasteiger partial charge in [-0.2, -0.15) is 0 Å². The van der Waals surface area contributed by atoms with E-state index in [0.29, 0.717) is 31.1 Å². The van der Waals surface area contributed by atoms with Gasteiger partial charge in [-0.15, -0.1) is 0 Å². The minimum absolute atomic E-state index is 0.0111. The Morgan fingerprint density at radius 3 is 1.89 bits per heavy atom. The van der Waals surface area contributed by atoms with Gasteiger partial charge in [0.1, 0.15) is 23.1 Å². The van der Waals surface area contributed by atoms with Crippen LogP contribution in [0.25, 0.3) is 0 Å². The van der Waals surface area contributed by atoms with E-state index < -0.39 is 34.1 Å². The second-order valence-electron chi connectivity index (χ2n) is 11.0. The number of esters is 1. The second kappa shape index (κ2) is 13.2. The predicted molar refractivity (Wildman–Crippen MR) is 141 cm³/mol. The summed E-state index contributed by atoms with van der Waals surface area (Å²) in [4.78, 5) is 27.2. The van der Waals surface area contributed by atoms with Crippen molar-refractivity contribution in [3.05, 3.63) is 36.0 Å². The SMILES string of the molecule is COC(=O)[C@@H]1CC=CN1C(=O)c1c(OCOCC[Si](C)(C)C)cccc1OCOCC[Si](C)(C)C. The van der Waals surface area contributed by atoms with Crippen LogP contribution >= 0.6 is 0 Å². The number of carbonyl (C=O) groups excluding carboxylic acids is 2. The van der Waals surface area contributed by atoms with Crippen molar-refractivity contribution in [2.24, 2.45) is 0 Å². The Kier molecular flexibility index (Phi) is 11.0. The van der Waals surface area contributed by atoms with Gasteiger partial charge in [-0.05, 0) is 30.6 Å². The summed E-state index contributed by atoms with van der Waals surface area (Å²) in [5.74, 6) is -0.240. The van der Waals surface area contributed by atoms with Crippen molar-refractivity contribution < 1.29 is 33.3 Å². The van der Waals surface area contributed by atoms with E-state index in [1.165, 1.54) is 12.0 Å². The van der Waals surface area contributed by atoms with Crippen molar-refractivity contribution in [2.45, 2.75) is 63.8 Å². The van der Waals surface area contributed by atoms with Gasteiger partial charge in [0.15, 0.2) is 13.6 Å². The fourth-order valence-electron chi connectivity index (χ4n) is 3.25. The predicted octanol–water partition coefficient (Wildman–Crippen LogP) is 4.97. The third-order valence-corrected chi connectivity index (χ3v) is 8.87. The Morgan fingerprint density at radius 1 is 0.914 bits per heavy atom. The molecule has 35 heavy (non-hydrogen) atoms. The summed E-state index contributed by atoms with van der Waals surface area (Å²) in [6.07, 6.45) is 3.75. The molecule has 1 heterocycles. The molecule has 1 aromatic carbocycles. The summed E-state index contributed by atoms with van der Waals surface area (Å²) < 4.78 is 27.9. The number of nitrogens with zero attached hydrogens (tertiary/aromatic N) is 1. The standard InChI is InChI=1S/C25H41NO7Si2/c1-29-25(28)20-10-9-13-26(20)24(27)23-21(32-18-30-14-16-34(2,3)4)11-8-12-22(23)33-19-31-15-17-35(5,6)7/h8-9,11-13,20H,10,14-19H2,1-7H3/t20-/m0/s1. The molecule has 1 aliphatic heterocycles. The molecule has 0 unspecified atom stereocenters. The molecule has 1 aliphatic rings. The van der Waals surface area contributed by atoms with Crippen LogP contribution in [0.1, 0.15) is 16.8 Å². The number of ether oxygens (including phenoxy) is 5. The van der Waals surface area contributed by atoms with E-state index >= 15 is 0 Å². The molecule has 0 aliphatic carbocycles. The molecule has 0 radical (unpaired) electrons. The van der Waals surface area contributed by atoms with Crippen molar-refractivity contribution in [3.8, 4) is 11.5 Å². The van der Waals surface area contributed by atoms with E-state index in [1.807, 2.05) is 0 Å². The summed E-state index contributed by atoms with van der Waals surface area (Å²) in [6.45, 7) is 14.9. The monoisotopic (exact) mass is 523 g/mol. The number of hydrogen-bond acceptors (Lipinski definition) is 7. The maximum Gasteiger partial charge on any atom is 0.329 e. The van der Waals surface area contributed by atoms with E-state index in [0.717, 1.165) is 12.1 Å². The second-order valence-corrected chi connectivity index (χ2v) is 22.2. The lowest BCUT2D eigenvalue weighted by Crippen LogP contribution is -2.39. The first-order valence-electron chi connectivity index (χ1n) is 12.0. The van der Waals surface area contributed by atoms with Gasteiger partial charge in [-0.3, -0.25) is 4.79 Å². The average Bonchev–Trinajstić information content (AvgIpc) is 3.26. The maximum atomic E-state index is 13.6. The quantitative estimate of drug-likeness (QED) is 0.147. The van der Waals surface area contributed by atoms with E-state index in [-0.39, 0.29) is 19.1 Å². The highest BCUT2D eigenvalue weighted by atomic mass is 28.3. The van der Waals surface area contributed by atoms with Crippen LogP contribution in [0.4, 0.5) is 0 Å².